The Labute approximate surface area is 99.8 Å². The van der Waals surface area contributed by atoms with Crippen molar-refractivity contribution in [1.82, 2.24) is 10.2 Å². The third kappa shape index (κ3) is 1.70. The molecule has 2 heteroatoms. The quantitative estimate of drug-likeness (QED) is 0.677. The van der Waals surface area contributed by atoms with Crippen LogP contribution in [0.5, 0.6) is 0 Å². The van der Waals surface area contributed by atoms with Gasteiger partial charge in [-0.25, -0.2) is 0 Å². The van der Waals surface area contributed by atoms with E-state index in [9.17, 15) is 0 Å². The monoisotopic (exact) mass is 222 g/mol. The molecule has 0 aromatic rings. The highest BCUT2D eigenvalue weighted by atomic mass is 15.3. The average molecular weight is 222 g/mol. The molecule has 2 aliphatic heterocycles. The van der Waals surface area contributed by atoms with Crippen molar-refractivity contribution in [2.75, 3.05) is 19.6 Å². The van der Waals surface area contributed by atoms with Gasteiger partial charge in [0.05, 0.1) is 0 Å². The van der Waals surface area contributed by atoms with Crippen molar-refractivity contribution in [3.63, 3.8) is 0 Å². The minimum absolute atomic E-state index is 0.537. The number of rotatable bonds is 0. The van der Waals surface area contributed by atoms with Crippen LogP contribution in [0.1, 0.15) is 52.4 Å². The molecule has 0 amide bonds. The largest absolute Gasteiger partial charge is 0.313 e. The standard InChI is InChI=1S/C14H26N2/c1-13(2)5-7-14(8-6-13)11-15-10-12-4-3-9-16(12)14/h12,15H,3-11H2,1-2H3/t12-/m0/s1. The van der Waals surface area contributed by atoms with Gasteiger partial charge in [-0.1, -0.05) is 13.8 Å². The first-order chi connectivity index (χ1) is 7.61. The minimum Gasteiger partial charge on any atom is -0.313 e. The van der Waals surface area contributed by atoms with E-state index in [0.717, 1.165) is 6.04 Å². The van der Waals surface area contributed by atoms with Gasteiger partial charge in [0.25, 0.3) is 0 Å². The van der Waals surface area contributed by atoms with Crippen molar-refractivity contribution in [1.29, 1.82) is 0 Å². The molecule has 0 aromatic heterocycles. The van der Waals surface area contributed by atoms with E-state index in [2.05, 4.69) is 24.1 Å². The van der Waals surface area contributed by atoms with Gasteiger partial charge in [0, 0.05) is 24.7 Å². The second-order valence-corrected chi connectivity index (χ2v) is 7.01. The average Bonchev–Trinajstić information content (AvgIpc) is 2.72. The fourth-order valence-corrected chi connectivity index (χ4v) is 4.10. The topological polar surface area (TPSA) is 15.3 Å². The van der Waals surface area contributed by atoms with Crippen LogP contribution >= 0.6 is 0 Å². The number of hydrogen-bond donors (Lipinski definition) is 1. The Kier molecular flexibility index (Phi) is 2.56. The maximum atomic E-state index is 3.70. The molecule has 16 heavy (non-hydrogen) atoms. The van der Waals surface area contributed by atoms with E-state index in [-0.39, 0.29) is 0 Å². The van der Waals surface area contributed by atoms with Gasteiger partial charge < -0.3 is 5.32 Å². The van der Waals surface area contributed by atoms with E-state index >= 15 is 0 Å². The van der Waals surface area contributed by atoms with Crippen LogP contribution in [-0.2, 0) is 0 Å². The third-order valence-electron chi connectivity index (χ3n) is 5.35. The summed E-state index contributed by atoms with van der Waals surface area (Å²) < 4.78 is 0. The molecule has 3 aliphatic rings. The van der Waals surface area contributed by atoms with Crippen molar-refractivity contribution >= 4 is 0 Å². The lowest BCUT2D eigenvalue weighted by atomic mass is 9.68. The van der Waals surface area contributed by atoms with Gasteiger partial charge in [-0.15, -0.1) is 0 Å². The molecule has 0 aromatic carbocycles. The van der Waals surface area contributed by atoms with E-state index in [4.69, 9.17) is 0 Å². The zero-order valence-corrected chi connectivity index (χ0v) is 10.9. The predicted molar refractivity (Wildman–Crippen MR) is 67.6 cm³/mol. The highest BCUT2D eigenvalue weighted by molar-refractivity contribution is 5.05. The Morgan fingerprint density at radius 2 is 1.88 bits per heavy atom. The number of nitrogens with one attached hydrogen (secondary N) is 1. The molecular formula is C14H26N2. The van der Waals surface area contributed by atoms with E-state index in [1.807, 2.05) is 0 Å². The Bertz CT molecular complexity index is 262. The molecule has 0 unspecified atom stereocenters. The lowest BCUT2D eigenvalue weighted by Gasteiger charge is -2.54. The first-order valence-electron chi connectivity index (χ1n) is 7.09. The molecule has 0 radical (unpaired) electrons. The summed E-state index contributed by atoms with van der Waals surface area (Å²) in [5.74, 6) is 0. The summed E-state index contributed by atoms with van der Waals surface area (Å²) in [6.07, 6.45) is 8.53. The van der Waals surface area contributed by atoms with Crippen LogP contribution in [0.2, 0.25) is 0 Å². The Morgan fingerprint density at radius 1 is 1.12 bits per heavy atom. The van der Waals surface area contributed by atoms with Crippen LogP contribution in [0.3, 0.4) is 0 Å². The maximum Gasteiger partial charge on any atom is 0.0337 e. The van der Waals surface area contributed by atoms with E-state index in [1.165, 1.54) is 58.2 Å². The van der Waals surface area contributed by atoms with Crippen molar-refractivity contribution < 1.29 is 0 Å². The second kappa shape index (κ2) is 3.71. The number of piperazine rings is 1. The molecule has 0 bridgehead atoms. The zero-order valence-electron chi connectivity index (χ0n) is 10.9. The molecule has 2 heterocycles. The zero-order chi connectivity index (χ0) is 11.2. The van der Waals surface area contributed by atoms with E-state index in [1.54, 1.807) is 0 Å². The van der Waals surface area contributed by atoms with Gasteiger partial charge in [0.1, 0.15) is 0 Å². The molecule has 1 spiro atoms. The number of nitrogens with zero attached hydrogens (tertiary/aromatic N) is 1. The third-order valence-corrected chi connectivity index (χ3v) is 5.35. The van der Waals surface area contributed by atoms with Gasteiger partial charge in [0.2, 0.25) is 0 Å². The van der Waals surface area contributed by atoms with Gasteiger partial charge in [-0.3, -0.25) is 4.90 Å². The van der Waals surface area contributed by atoms with E-state index in [0.29, 0.717) is 11.0 Å². The predicted octanol–water partition coefficient (Wildman–Crippen LogP) is 2.39. The Hall–Kier alpha value is -0.0800. The summed E-state index contributed by atoms with van der Waals surface area (Å²) >= 11 is 0. The number of hydrogen-bond acceptors (Lipinski definition) is 2. The van der Waals surface area contributed by atoms with Crippen LogP contribution in [0.25, 0.3) is 0 Å². The van der Waals surface area contributed by atoms with Crippen molar-refractivity contribution in [3.8, 4) is 0 Å². The molecule has 1 N–H and O–H groups in total. The summed E-state index contributed by atoms with van der Waals surface area (Å²) in [6, 6.07) is 0.856. The van der Waals surface area contributed by atoms with Gasteiger partial charge >= 0.3 is 0 Å². The highest BCUT2D eigenvalue weighted by Crippen LogP contribution is 2.45. The van der Waals surface area contributed by atoms with Crippen LogP contribution in [-0.4, -0.2) is 36.1 Å². The molecule has 3 fully saturated rings. The van der Waals surface area contributed by atoms with Crippen molar-refractivity contribution in [2.45, 2.75) is 64.0 Å². The van der Waals surface area contributed by atoms with Gasteiger partial charge in [-0.2, -0.15) is 0 Å². The maximum absolute atomic E-state index is 3.70. The molecule has 1 aliphatic carbocycles. The summed E-state index contributed by atoms with van der Waals surface area (Å²) in [4.78, 5) is 2.87. The second-order valence-electron chi connectivity index (χ2n) is 7.01. The van der Waals surface area contributed by atoms with Crippen LogP contribution < -0.4 is 5.32 Å². The molecule has 2 saturated heterocycles. The van der Waals surface area contributed by atoms with Gasteiger partial charge in [0.15, 0.2) is 0 Å². The normalized spacial score (nSPS) is 37.5. The van der Waals surface area contributed by atoms with Crippen LogP contribution in [0.15, 0.2) is 0 Å². The van der Waals surface area contributed by atoms with Crippen LogP contribution in [0, 0.1) is 5.41 Å². The number of fused-ring (bicyclic) bond motifs is 2. The first kappa shape index (κ1) is 11.0. The molecule has 3 rings (SSSR count). The minimum atomic E-state index is 0.537. The molecule has 92 valence electrons. The van der Waals surface area contributed by atoms with Crippen LogP contribution in [0.4, 0.5) is 0 Å². The lowest BCUT2D eigenvalue weighted by Crippen LogP contribution is -2.64. The lowest BCUT2D eigenvalue weighted by molar-refractivity contribution is -0.0128. The Morgan fingerprint density at radius 3 is 2.62 bits per heavy atom. The van der Waals surface area contributed by atoms with E-state index < -0.39 is 0 Å². The first-order valence-corrected chi connectivity index (χ1v) is 7.09. The Balaban J connectivity index is 1.77. The summed E-state index contributed by atoms with van der Waals surface area (Å²) in [5, 5.41) is 3.70. The fraction of sp³-hybridized carbons (Fsp3) is 1.00. The summed E-state index contributed by atoms with van der Waals surface area (Å²) in [6.45, 7) is 8.74. The smallest absolute Gasteiger partial charge is 0.0337 e. The van der Waals surface area contributed by atoms with Crippen molar-refractivity contribution in [3.05, 3.63) is 0 Å². The molecule has 2 nitrogen and oxygen atoms in total. The van der Waals surface area contributed by atoms with Crippen molar-refractivity contribution in [2.24, 2.45) is 5.41 Å². The fourth-order valence-electron chi connectivity index (χ4n) is 4.10. The van der Waals surface area contributed by atoms with Gasteiger partial charge in [-0.05, 0) is 50.5 Å². The molecular weight excluding hydrogens is 196 g/mol. The SMILES string of the molecule is CC1(C)CCC2(CC1)CNC[C@@H]1CCCN12. The summed E-state index contributed by atoms with van der Waals surface area (Å²) in [5.41, 5.74) is 1.13. The summed E-state index contributed by atoms with van der Waals surface area (Å²) in [7, 11) is 0. The highest BCUT2D eigenvalue weighted by Gasteiger charge is 2.47. The molecule has 1 atom stereocenters. The molecule has 1 saturated carbocycles.